The molecule has 0 N–H and O–H groups in total. The SMILES string of the molecule is Cc1cc(CCCOc2c(F)cc(C#N)cc2F)on1. The van der Waals surface area contributed by atoms with E-state index in [0.29, 0.717) is 18.6 Å². The van der Waals surface area contributed by atoms with Crippen molar-refractivity contribution in [2.24, 2.45) is 0 Å². The van der Waals surface area contributed by atoms with Gasteiger partial charge in [-0.2, -0.15) is 5.26 Å². The van der Waals surface area contributed by atoms with Crippen LogP contribution >= 0.6 is 0 Å². The highest BCUT2D eigenvalue weighted by Gasteiger charge is 2.12. The van der Waals surface area contributed by atoms with Gasteiger partial charge in [0.25, 0.3) is 0 Å². The number of hydrogen-bond donors (Lipinski definition) is 0. The van der Waals surface area contributed by atoms with Crippen LogP contribution in [0.3, 0.4) is 0 Å². The maximum Gasteiger partial charge on any atom is 0.190 e. The second kappa shape index (κ2) is 6.15. The van der Waals surface area contributed by atoms with Crippen molar-refractivity contribution in [2.45, 2.75) is 19.8 Å². The van der Waals surface area contributed by atoms with Crippen molar-refractivity contribution in [1.29, 1.82) is 5.26 Å². The van der Waals surface area contributed by atoms with Crippen LogP contribution in [0.4, 0.5) is 8.78 Å². The number of hydrogen-bond acceptors (Lipinski definition) is 4. The molecule has 20 heavy (non-hydrogen) atoms. The third-order valence-corrected chi connectivity index (χ3v) is 2.62. The van der Waals surface area contributed by atoms with Gasteiger partial charge in [-0.05, 0) is 25.5 Å². The van der Waals surface area contributed by atoms with Gasteiger partial charge >= 0.3 is 0 Å². The zero-order chi connectivity index (χ0) is 14.5. The molecular formula is C14H12F2N2O2. The first-order chi connectivity index (χ1) is 9.60. The highest BCUT2D eigenvalue weighted by atomic mass is 19.1. The molecule has 0 radical (unpaired) electrons. The zero-order valence-electron chi connectivity index (χ0n) is 10.8. The summed E-state index contributed by atoms with van der Waals surface area (Å²) in [4.78, 5) is 0. The predicted octanol–water partition coefficient (Wildman–Crippen LogP) is 3.14. The lowest BCUT2D eigenvalue weighted by Gasteiger charge is -2.07. The van der Waals surface area contributed by atoms with Gasteiger partial charge in [0.1, 0.15) is 5.76 Å². The molecule has 0 spiro atoms. The molecule has 0 bridgehead atoms. The second-order valence-electron chi connectivity index (χ2n) is 4.27. The van der Waals surface area contributed by atoms with Gasteiger partial charge in [-0.15, -0.1) is 0 Å². The minimum atomic E-state index is -0.878. The van der Waals surface area contributed by atoms with Crippen molar-refractivity contribution < 1.29 is 18.0 Å². The highest BCUT2D eigenvalue weighted by molar-refractivity contribution is 5.37. The van der Waals surface area contributed by atoms with Crippen molar-refractivity contribution >= 4 is 0 Å². The van der Waals surface area contributed by atoms with E-state index in [4.69, 9.17) is 14.5 Å². The number of halogens is 2. The van der Waals surface area contributed by atoms with E-state index in [1.807, 2.05) is 6.92 Å². The first-order valence-corrected chi connectivity index (χ1v) is 6.04. The van der Waals surface area contributed by atoms with E-state index >= 15 is 0 Å². The summed E-state index contributed by atoms with van der Waals surface area (Å²) >= 11 is 0. The summed E-state index contributed by atoms with van der Waals surface area (Å²) < 4.78 is 37.1. The molecule has 0 saturated carbocycles. The van der Waals surface area contributed by atoms with Gasteiger partial charge in [0, 0.05) is 12.5 Å². The number of ether oxygens (including phenoxy) is 1. The lowest BCUT2D eigenvalue weighted by molar-refractivity contribution is 0.273. The molecule has 6 heteroatoms. The van der Waals surface area contributed by atoms with E-state index < -0.39 is 17.4 Å². The van der Waals surface area contributed by atoms with Gasteiger partial charge in [-0.3, -0.25) is 0 Å². The van der Waals surface area contributed by atoms with Gasteiger partial charge < -0.3 is 9.26 Å². The summed E-state index contributed by atoms with van der Waals surface area (Å²) in [6, 6.07) is 5.35. The third-order valence-electron chi connectivity index (χ3n) is 2.62. The Kier molecular flexibility index (Phi) is 4.31. The molecule has 1 aromatic heterocycles. The molecule has 1 aromatic carbocycles. The minimum absolute atomic E-state index is 0.0792. The van der Waals surface area contributed by atoms with E-state index in [-0.39, 0.29) is 12.2 Å². The Balaban J connectivity index is 1.90. The van der Waals surface area contributed by atoms with E-state index in [2.05, 4.69) is 5.16 Å². The predicted molar refractivity (Wildman–Crippen MR) is 66.1 cm³/mol. The standard InChI is InChI=1S/C14H12F2N2O2/c1-9-5-11(20-18-9)3-2-4-19-14-12(15)6-10(8-17)7-13(14)16/h5-7H,2-4H2,1H3. The quantitative estimate of drug-likeness (QED) is 0.788. The van der Waals surface area contributed by atoms with Crippen molar-refractivity contribution in [3.05, 3.63) is 46.9 Å². The fourth-order valence-electron chi connectivity index (χ4n) is 1.72. The van der Waals surface area contributed by atoms with E-state index in [9.17, 15) is 8.78 Å². The Hall–Kier alpha value is -2.42. The molecule has 1 heterocycles. The fourth-order valence-corrected chi connectivity index (χ4v) is 1.72. The van der Waals surface area contributed by atoms with Crippen LogP contribution in [-0.4, -0.2) is 11.8 Å². The monoisotopic (exact) mass is 278 g/mol. The molecule has 2 rings (SSSR count). The molecule has 0 aliphatic heterocycles. The molecule has 2 aromatic rings. The van der Waals surface area contributed by atoms with Crippen LogP contribution in [0.15, 0.2) is 22.7 Å². The molecule has 0 atom stereocenters. The summed E-state index contributed by atoms with van der Waals surface area (Å²) in [6.45, 7) is 1.95. The zero-order valence-corrected chi connectivity index (χ0v) is 10.8. The number of rotatable bonds is 5. The first-order valence-electron chi connectivity index (χ1n) is 6.04. The van der Waals surface area contributed by atoms with E-state index in [1.54, 1.807) is 12.1 Å². The molecule has 0 saturated heterocycles. The van der Waals surface area contributed by atoms with E-state index in [0.717, 1.165) is 17.8 Å². The van der Waals surface area contributed by atoms with Crippen LogP contribution in [0.5, 0.6) is 5.75 Å². The maximum absolute atomic E-state index is 13.5. The number of aryl methyl sites for hydroxylation is 2. The lowest BCUT2D eigenvalue weighted by Crippen LogP contribution is -2.03. The molecule has 0 amide bonds. The summed E-state index contributed by atoms with van der Waals surface area (Å²) in [5, 5.41) is 12.3. The molecule has 0 unspecified atom stereocenters. The van der Waals surface area contributed by atoms with Crippen LogP contribution in [0.1, 0.15) is 23.4 Å². The topological polar surface area (TPSA) is 59.0 Å². The average molecular weight is 278 g/mol. The van der Waals surface area contributed by atoms with Crippen molar-refractivity contribution in [2.75, 3.05) is 6.61 Å². The van der Waals surface area contributed by atoms with Crippen LogP contribution in [0.25, 0.3) is 0 Å². The molecule has 4 nitrogen and oxygen atoms in total. The van der Waals surface area contributed by atoms with Crippen molar-refractivity contribution in [3.8, 4) is 11.8 Å². The van der Waals surface area contributed by atoms with Crippen molar-refractivity contribution in [1.82, 2.24) is 5.16 Å². The smallest absolute Gasteiger partial charge is 0.190 e. The summed E-state index contributed by atoms with van der Waals surface area (Å²) in [7, 11) is 0. The number of nitrogens with zero attached hydrogens (tertiary/aromatic N) is 2. The van der Waals surface area contributed by atoms with E-state index in [1.165, 1.54) is 0 Å². The molecule has 0 fully saturated rings. The number of aromatic nitrogens is 1. The summed E-state index contributed by atoms with van der Waals surface area (Å²) in [5.74, 6) is -1.52. The maximum atomic E-state index is 13.5. The van der Waals surface area contributed by atoms with Crippen LogP contribution in [0, 0.1) is 29.9 Å². The van der Waals surface area contributed by atoms with Crippen LogP contribution in [0.2, 0.25) is 0 Å². The number of nitriles is 1. The van der Waals surface area contributed by atoms with Gasteiger partial charge in [-0.25, -0.2) is 8.78 Å². The largest absolute Gasteiger partial charge is 0.488 e. The lowest BCUT2D eigenvalue weighted by atomic mass is 10.2. The van der Waals surface area contributed by atoms with Gasteiger partial charge in [0.15, 0.2) is 17.4 Å². The Bertz CT molecular complexity index is 624. The Morgan fingerprint density at radius 3 is 2.55 bits per heavy atom. The van der Waals surface area contributed by atoms with Gasteiger partial charge in [0.2, 0.25) is 0 Å². The minimum Gasteiger partial charge on any atom is -0.488 e. The van der Waals surface area contributed by atoms with Crippen LogP contribution < -0.4 is 4.74 Å². The Morgan fingerprint density at radius 2 is 2.00 bits per heavy atom. The third kappa shape index (κ3) is 3.32. The molecular weight excluding hydrogens is 266 g/mol. The Morgan fingerprint density at radius 1 is 1.30 bits per heavy atom. The normalized spacial score (nSPS) is 10.3. The van der Waals surface area contributed by atoms with Gasteiger partial charge in [0.05, 0.1) is 23.9 Å². The van der Waals surface area contributed by atoms with Gasteiger partial charge in [-0.1, -0.05) is 5.16 Å². The Labute approximate surface area is 114 Å². The molecule has 104 valence electrons. The first kappa shape index (κ1) is 14.0. The second-order valence-corrected chi connectivity index (χ2v) is 4.27. The fraction of sp³-hybridized carbons (Fsp3) is 0.286. The molecule has 0 aliphatic rings. The van der Waals surface area contributed by atoms with Crippen molar-refractivity contribution in [3.63, 3.8) is 0 Å². The highest BCUT2D eigenvalue weighted by Crippen LogP contribution is 2.23. The summed E-state index contributed by atoms with van der Waals surface area (Å²) in [5.41, 5.74) is 0.703. The van der Waals surface area contributed by atoms with Crippen LogP contribution in [-0.2, 0) is 6.42 Å². The number of benzene rings is 1. The summed E-state index contributed by atoms with van der Waals surface area (Å²) in [6.07, 6.45) is 1.11. The molecule has 0 aliphatic carbocycles. The average Bonchev–Trinajstić information content (AvgIpc) is 2.82.